The summed E-state index contributed by atoms with van der Waals surface area (Å²) in [6.45, 7) is 8.43. The number of hydrogen-bond donors (Lipinski definition) is 0. The monoisotopic (exact) mass is 295 g/mol. The van der Waals surface area contributed by atoms with Crippen molar-refractivity contribution in [1.82, 2.24) is 14.7 Å². The molecule has 2 heterocycles. The van der Waals surface area contributed by atoms with Gasteiger partial charge in [-0.15, -0.1) is 0 Å². The zero-order valence-corrected chi connectivity index (χ0v) is 13.0. The van der Waals surface area contributed by atoms with Gasteiger partial charge in [0, 0.05) is 58.5 Å². The van der Waals surface area contributed by atoms with Crippen molar-refractivity contribution in [3.8, 4) is 0 Å². The fourth-order valence-electron chi connectivity index (χ4n) is 2.81. The molecule has 0 radical (unpaired) electrons. The topological polar surface area (TPSA) is 60.9 Å². The minimum absolute atomic E-state index is 0.0502. The van der Waals surface area contributed by atoms with Crippen LogP contribution in [0, 0.1) is 5.92 Å². The number of nitrogens with zero attached hydrogens (tertiary/aromatic N) is 3. The molecule has 6 heteroatoms. The number of carbonyl (C=O) groups is 3. The molecule has 0 aromatic carbocycles. The lowest BCUT2D eigenvalue weighted by atomic mass is 10.1. The predicted molar refractivity (Wildman–Crippen MR) is 78.4 cm³/mol. The summed E-state index contributed by atoms with van der Waals surface area (Å²) in [5.74, 6) is 0.522. The molecular weight excluding hydrogens is 270 g/mol. The smallest absolute Gasteiger partial charge is 0.229 e. The zero-order chi connectivity index (χ0) is 15.4. The Bertz CT molecular complexity index is 398. The highest BCUT2D eigenvalue weighted by Gasteiger charge is 2.29. The second kappa shape index (κ2) is 7.02. The molecule has 0 aliphatic carbocycles. The van der Waals surface area contributed by atoms with Gasteiger partial charge in [0.05, 0.1) is 0 Å². The van der Waals surface area contributed by atoms with Gasteiger partial charge in [0.1, 0.15) is 0 Å². The highest BCUT2D eigenvalue weighted by atomic mass is 16.2. The van der Waals surface area contributed by atoms with Crippen LogP contribution in [0.2, 0.25) is 0 Å². The van der Waals surface area contributed by atoms with Crippen LogP contribution in [0.25, 0.3) is 0 Å². The molecule has 0 unspecified atom stereocenters. The van der Waals surface area contributed by atoms with E-state index in [1.54, 1.807) is 0 Å². The van der Waals surface area contributed by atoms with Crippen LogP contribution in [0.5, 0.6) is 0 Å². The summed E-state index contributed by atoms with van der Waals surface area (Å²) in [5, 5.41) is 0. The van der Waals surface area contributed by atoms with Crippen LogP contribution >= 0.6 is 0 Å². The standard InChI is InChI=1S/C15H25N3O3/c1-12(2)11-15(21)17-8-5-16(6-9-17)7-10-18-13(19)3-4-14(18)20/h12H,3-11H2,1-2H3. The first-order valence-corrected chi connectivity index (χ1v) is 7.80. The lowest BCUT2D eigenvalue weighted by Crippen LogP contribution is -2.50. The molecule has 0 aromatic heterocycles. The SMILES string of the molecule is CC(C)CC(=O)N1CCN(CCN2C(=O)CCC2=O)CC1. The molecule has 0 bridgehead atoms. The Morgan fingerprint density at radius 2 is 1.57 bits per heavy atom. The maximum absolute atomic E-state index is 12.0. The quantitative estimate of drug-likeness (QED) is 0.686. The van der Waals surface area contributed by atoms with Crippen molar-refractivity contribution < 1.29 is 14.4 Å². The first kappa shape index (κ1) is 15.9. The summed E-state index contributed by atoms with van der Waals surface area (Å²) >= 11 is 0. The van der Waals surface area contributed by atoms with E-state index in [4.69, 9.17) is 0 Å². The van der Waals surface area contributed by atoms with E-state index in [1.807, 2.05) is 4.90 Å². The van der Waals surface area contributed by atoms with Crippen molar-refractivity contribution in [1.29, 1.82) is 0 Å². The maximum atomic E-state index is 12.0. The molecule has 0 N–H and O–H groups in total. The highest BCUT2D eigenvalue weighted by Crippen LogP contribution is 2.12. The molecule has 0 saturated carbocycles. The van der Waals surface area contributed by atoms with Gasteiger partial charge in [0.25, 0.3) is 0 Å². The van der Waals surface area contributed by atoms with Crippen LogP contribution in [0.3, 0.4) is 0 Å². The van der Waals surface area contributed by atoms with Crippen molar-refractivity contribution in [3.63, 3.8) is 0 Å². The second-order valence-electron chi connectivity index (χ2n) is 6.26. The second-order valence-corrected chi connectivity index (χ2v) is 6.26. The van der Waals surface area contributed by atoms with Crippen LogP contribution in [-0.4, -0.2) is 71.7 Å². The molecule has 2 saturated heterocycles. The van der Waals surface area contributed by atoms with Gasteiger partial charge in [-0.1, -0.05) is 13.8 Å². The van der Waals surface area contributed by atoms with Gasteiger partial charge < -0.3 is 4.90 Å². The molecule has 2 aliphatic rings. The number of hydrogen-bond acceptors (Lipinski definition) is 4. The fourth-order valence-corrected chi connectivity index (χ4v) is 2.81. The van der Waals surface area contributed by atoms with E-state index in [1.165, 1.54) is 4.90 Å². The largest absolute Gasteiger partial charge is 0.340 e. The molecule has 2 rings (SSSR count). The summed E-state index contributed by atoms with van der Waals surface area (Å²) in [6, 6.07) is 0. The van der Waals surface area contributed by atoms with Crippen molar-refractivity contribution in [2.75, 3.05) is 39.3 Å². The highest BCUT2D eigenvalue weighted by molar-refractivity contribution is 6.01. The average molecular weight is 295 g/mol. The third kappa shape index (κ3) is 4.27. The summed E-state index contributed by atoms with van der Waals surface area (Å²) in [7, 11) is 0. The van der Waals surface area contributed by atoms with Gasteiger partial charge in [-0.2, -0.15) is 0 Å². The molecule has 2 aliphatic heterocycles. The van der Waals surface area contributed by atoms with E-state index in [0.29, 0.717) is 38.3 Å². The van der Waals surface area contributed by atoms with Crippen LogP contribution in [0.1, 0.15) is 33.1 Å². The van der Waals surface area contributed by atoms with Gasteiger partial charge in [0.2, 0.25) is 17.7 Å². The molecular formula is C15H25N3O3. The van der Waals surface area contributed by atoms with E-state index in [0.717, 1.165) is 26.2 Å². The molecule has 118 valence electrons. The molecule has 0 spiro atoms. The Kier molecular flexibility index (Phi) is 5.33. The van der Waals surface area contributed by atoms with Crippen LogP contribution < -0.4 is 0 Å². The van der Waals surface area contributed by atoms with Crippen LogP contribution in [0.15, 0.2) is 0 Å². The van der Waals surface area contributed by atoms with Gasteiger partial charge in [-0.3, -0.25) is 24.2 Å². The van der Waals surface area contributed by atoms with E-state index in [2.05, 4.69) is 18.7 Å². The lowest BCUT2D eigenvalue weighted by Gasteiger charge is -2.35. The molecule has 0 atom stereocenters. The summed E-state index contributed by atoms with van der Waals surface area (Å²) < 4.78 is 0. The summed E-state index contributed by atoms with van der Waals surface area (Å²) in [4.78, 5) is 40.6. The minimum atomic E-state index is -0.0502. The van der Waals surface area contributed by atoms with E-state index >= 15 is 0 Å². The molecule has 0 aromatic rings. The number of likely N-dealkylation sites (tertiary alicyclic amines) is 1. The van der Waals surface area contributed by atoms with E-state index < -0.39 is 0 Å². The van der Waals surface area contributed by atoms with Gasteiger partial charge in [0.15, 0.2) is 0 Å². The summed E-state index contributed by atoms with van der Waals surface area (Å²) in [6.07, 6.45) is 1.32. The number of amides is 3. The minimum Gasteiger partial charge on any atom is -0.340 e. The lowest BCUT2D eigenvalue weighted by molar-refractivity contribution is -0.138. The number of piperazine rings is 1. The Morgan fingerprint density at radius 3 is 2.10 bits per heavy atom. The molecule has 3 amide bonds. The summed E-state index contributed by atoms with van der Waals surface area (Å²) in [5.41, 5.74) is 0. The van der Waals surface area contributed by atoms with Gasteiger partial charge in [-0.05, 0) is 5.92 Å². The Balaban J connectivity index is 1.71. The van der Waals surface area contributed by atoms with E-state index in [9.17, 15) is 14.4 Å². The maximum Gasteiger partial charge on any atom is 0.229 e. The third-order valence-corrected chi connectivity index (χ3v) is 4.10. The molecule has 21 heavy (non-hydrogen) atoms. The van der Waals surface area contributed by atoms with Gasteiger partial charge >= 0.3 is 0 Å². The van der Waals surface area contributed by atoms with Crippen LogP contribution in [0.4, 0.5) is 0 Å². The number of carbonyl (C=O) groups excluding carboxylic acids is 3. The number of rotatable bonds is 5. The van der Waals surface area contributed by atoms with Crippen molar-refractivity contribution in [3.05, 3.63) is 0 Å². The number of imide groups is 1. The Labute approximate surface area is 126 Å². The Morgan fingerprint density at radius 1 is 1.00 bits per heavy atom. The Hall–Kier alpha value is -1.43. The van der Waals surface area contributed by atoms with Crippen molar-refractivity contribution in [2.24, 2.45) is 5.92 Å². The zero-order valence-electron chi connectivity index (χ0n) is 13.0. The molecule has 6 nitrogen and oxygen atoms in total. The predicted octanol–water partition coefficient (Wildman–Crippen LogP) is 0.326. The normalized spacial score (nSPS) is 20.7. The first-order valence-electron chi connectivity index (χ1n) is 7.80. The van der Waals surface area contributed by atoms with Gasteiger partial charge in [-0.25, -0.2) is 0 Å². The third-order valence-electron chi connectivity index (χ3n) is 4.10. The van der Waals surface area contributed by atoms with Crippen molar-refractivity contribution in [2.45, 2.75) is 33.1 Å². The van der Waals surface area contributed by atoms with Crippen molar-refractivity contribution >= 4 is 17.7 Å². The van der Waals surface area contributed by atoms with Crippen LogP contribution in [-0.2, 0) is 14.4 Å². The first-order chi connectivity index (χ1) is 9.97. The fraction of sp³-hybridized carbons (Fsp3) is 0.800. The van der Waals surface area contributed by atoms with E-state index in [-0.39, 0.29) is 17.7 Å². The molecule has 2 fully saturated rings. The average Bonchev–Trinajstić information content (AvgIpc) is 2.75.